The summed E-state index contributed by atoms with van der Waals surface area (Å²) in [5, 5.41) is 3.88. The number of nitrogens with one attached hydrogen (secondary N) is 1. The van der Waals surface area contributed by atoms with Crippen LogP contribution >= 0.6 is 11.6 Å². The van der Waals surface area contributed by atoms with Crippen LogP contribution in [0.2, 0.25) is 0 Å². The first-order valence-electron chi connectivity index (χ1n) is 6.59. The first kappa shape index (κ1) is 15.2. The molecule has 0 rings (SSSR count). The Kier molecular flexibility index (Phi) is 10.9. The molecule has 0 aliphatic heterocycles. The molecule has 0 aromatic rings. The van der Waals surface area contributed by atoms with E-state index >= 15 is 0 Å². The number of unbranched alkanes of at least 4 members (excludes halogenated alkanes) is 1. The second kappa shape index (κ2) is 10.8. The molecular weight excluding hydrogens is 206 g/mol. The fourth-order valence-corrected chi connectivity index (χ4v) is 1.82. The van der Waals surface area contributed by atoms with Gasteiger partial charge in [-0.2, -0.15) is 0 Å². The van der Waals surface area contributed by atoms with Crippen molar-refractivity contribution in [3.8, 4) is 0 Å². The highest BCUT2D eigenvalue weighted by Crippen LogP contribution is 2.11. The standard InChI is InChI=1S/C13H28ClN/c1-4-7-8-12(5-2)11-15-10-9-13(14)6-3/h12-13,15H,4-11H2,1-3H3. The SMILES string of the molecule is CCCCC(CC)CNCCC(Cl)CC. The summed E-state index contributed by atoms with van der Waals surface area (Å²) < 4.78 is 0. The molecule has 0 spiro atoms. The minimum Gasteiger partial charge on any atom is -0.316 e. The molecule has 0 aliphatic carbocycles. The predicted molar refractivity (Wildman–Crippen MR) is 70.7 cm³/mol. The molecule has 2 unspecified atom stereocenters. The molecule has 0 fully saturated rings. The lowest BCUT2D eigenvalue weighted by atomic mass is 9.99. The van der Waals surface area contributed by atoms with E-state index in [1.54, 1.807) is 0 Å². The van der Waals surface area contributed by atoms with Crippen molar-refractivity contribution in [1.29, 1.82) is 0 Å². The summed E-state index contributed by atoms with van der Waals surface area (Å²) in [6, 6.07) is 0. The average Bonchev–Trinajstić information content (AvgIpc) is 2.27. The van der Waals surface area contributed by atoms with Gasteiger partial charge in [0, 0.05) is 5.38 Å². The molecule has 2 atom stereocenters. The lowest BCUT2D eigenvalue weighted by Crippen LogP contribution is -2.25. The van der Waals surface area contributed by atoms with Crippen molar-refractivity contribution in [2.75, 3.05) is 13.1 Å². The van der Waals surface area contributed by atoms with Crippen molar-refractivity contribution in [2.24, 2.45) is 5.92 Å². The summed E-state index contributed by atoms with van der Waals surface area (Å²) in [5.74, 6) is 0.861. The van der Waals surface area contributed by atoms with E-state index in [4.69, 9.17) is 11.6 Å². The normalized spacial score (nSPS) is 15.2. The van der Waals surface area contributed by atoms with Gasteiger partial charge in [-0.15, -0.1) is 11.6 Å². The highest BCUT2D eigenvalue weighted by molar-refractivity contribution is 6.20. The Morgan fingerprint density at radius 1 is 1.07 bits per heavy atom. The number of halogens is 1. The Bertz CT molecular complexity index is 128. The van der Waals surface area contributed by atoms with E-state index in [9.17, 15) is 0 Å². The molecule has 0 aliphatic rings. The second-order valence-corrected chi connectivity index (χ2v) is 5.03. The fraction of sp³-hybridized carbons (Fsp3) is 1.00. The van der Waals surface area contributed by atoms with E-state index in [2.05, 4.69) is 26.1 Å². The van der Waals surface area contributed by atoms with Crippen LogP contribution in [0.3, 0.4) is 0 Å². The molecule has 92 valence electrons. The van der Waals surface area contributed by atoms with Gasteiger partial charge in [-0.25, -0.2) is 0 Å². The Balaban J connectivity index is 3.37. The van der Waals surface area contributed by atoms with Gasteiger partial charge in [0.05, 0.1) is 0 Å². The van der Waals surface area contributed by atoms with Crippen molar-refractivity contribution < 1.29 is 0 Å². The van der Waals surface area contributed by atoms with Gasteiger partial charge in [0.2, 0.25) is 0 Å². The van der Waals surface area contributed by atoms with Gasteiger partial charge in [-0.3, -0.25) is 0 Å². The maximum atomic E-state index is 6.06. The lowest BCUT2D eigenvalue weighted by Gasteiger charge is -2.15. The van der Waals surface area contributed by atoms with Crippen LogP contribution < -0.4 is 5.32 Å². The van der Waals surface area contributed by atoms with Crippen LogP contribution in [0.5, 0.6) is 0 Å². The quantitative estimate of drug-likeness (QED) is 0.441. The minimum atomic E-state index is 0.355. The van der Waals surface area contributed by atoms with Crippen LogP contribution in [0.4, 0.5) is 0 Å². The largest absolute Gasteiger partial charge is 0.316 e. The lowest BCUT2D eigenvalue weighted by molar-refractivity contribution is 0.417. The van der Waals surface area contributed by atoms with Crippen molar-refractivity contribution in [1.82, 2.24) is 5.32 Å². The topological polar surface area (TPSA) is 12.0 Å². The smallest absolute Gasteiger partial charge is 0.0345 e. The molecule has 1 N–H and O–H groups in total. The zero-order valence-corrected chi connectivity index (χ0v) is 11.4. The van der Waals surface area contributed by atoms with Crippen LogP contribution in [-0.4, -0.2) is 18.5 Å². The summed E-state index contributed by atoms with van der Waals surface area (Å²) in [4.78, 5) is 0. The van der Waals surface area contributed by atoms with E-state index in [1.165, 1.54) is 32.2 Å². The number of alkyl halides is 1. The molecule has 1 nitrogen and oxygen atoms in total. The van der Waals surface area contributed by atoms with Crippen molar-refractivity contribution >= 4 is 11.6 Å². The number of hydrogen-bond donors (Lipinski definition) is 1. The molecular formula is C13H28ClN. The van der Waals surface area contributed by atoms with Crippen molar-refractivity contribution in [2.45, 2.75) is 64.7 Å². The highest BCUT2D eigenvalue weighted by Gasteiger charge is 2.05. The summed E-state index contributed by atoms with van der Waals surface area (Å²) in [7, 11) is 0. The van der Waals surface area contributed by atoms with Crippen LogP contribution in [-0.2, 0) is 0 Å². The van der Waals surface area contributed by atoms with Gasteiger partial charge in [0.15, 0.2) is 0 Å². The Hall–Kier alpha value is 0.250. The van der Waals surface area contributed by atoms with Gasteiger partial charge in [0.1, 0.15) is 0 Å². The molecule has 0 amide bonds. The second-order valence-electron chi connectivity index (χ2n) is 4.41. The molecule has 2 heteroatoms. The summed E-state index contributed by atoms with van der Waals surface area (Å²) in [6.45, 7) is 8.94. The van der Waals surface area contributed by atoms with E-state index < -0.39 is 0 Å². The maximum absolute atomic E-state index is 6.06. The first-order chi connectivity index (χ1) is 7.24. The van der Waals surface area contributed by atoms with Crippen LogP contribution in [0.25, 0.3) is 0 Å². The minimum absolute atomic E-state index is 0.355. The molecule has 0 saturated heterocycles. The number of hydrogen-bond acceptors (Lipinski definition) is 1. The van der Waals surface area contributed by atoms with Crippen LogP contribution in [0.15, 0.2) is 0 Å². The summed E-state index contributed by atoms with van der Waals surface area (Å²) in [6.07, 6.45) is 7.53. The zero-order chi connectivity index (χ0) is 11.5. The summed E-state index contributed by atoms with van der Waals surface area (Å²) in [5.41, 5.74) is 0. The predicted octanol–water partition coefficient (Wildman–Crippen LogP) is 4.20. The van der Waals surface area contributed by atoms with Gasteiger partial charge >= 0.3 is 0 Å². The average molecular weight is 234 g/mol. The van der Waals surface area contributed by atoms with Gasteiger partial charge < -0.3 is 5.32 Å². The van der Waals surface area contributed by atoms with Crippen molar-refractivity contribution in [3.05, 3.63) is 0 Å². The van der Waals surface area contributed by atoms with Crippen LogP contribution in [0.1, 0.15) is 59.3 Å². The van der Waals surface area contributed by atoms with E-state index in [0.717, 1.165) is 25.3 Å². The van der Waals surface area contributed by atoms with Gasteiger partial charge in [0.25, 0.3) is 0 Å². The third kappa shape index (κ3) is 9.19. The third-order valence-electron chi connectivity index (χ3n) is 3.05. The molecule has 0 aromatic carbocycles. The molecule has 0 radical (unpaired) electrons. The van der Waals surface area contributed by atoms with E-state index in [-0.39, 0.29) is 0 Å². The monoisotopic (exact) mass is 233 g/mol. The Labute approximate surface area is 101 Å². The summed E-state index contributed by atoms with van der Waals surface area (Å²) >= 11 is 6.06. The zero-order valence-electron chi connectivity index (χ0n) is 10.7. The molecule has 0 saturated carbocycles. The van der Waals surface area contributed by atoms with Gasteiger partial charge in [-0.1, -0.05) is 40.0 Å². The van der Waals surface area contributed by atoms with Gasteiger partial charge in [-0.05, 0) is 38.3 Å². The molecule has 0 bridgehead atoms. The van der Waals surface area contributed by atoms with E-state index in [1.807, 2.05) is 0 Å². The molecule has 0 heterocycles. The molecule has 0 aromatic heterocycles. The van der Waals surface area contributed by atoms with Crippen molar-refractivity contribution in [3.63, 3.8) is 0 Å². The Morgan fingerprint density at radius 3 is 2.33 bits per heavy atom. The Morgan fingerprint density at radius 2 is 1.80 bits per heavy atom. The third-order valence-corrected chi connectivity index (χ3v) is 3.58. The first-order valence-corrected chi connectivity index (χ1v) is 7.02. The molecule has 15 heavy (non-hydrogen) atoms. The number of rotatable bonds is 10. The fourth-order valence-electron chi connectivity index (χ4n) is 1.71. The van der Waals surface area contributed by atoms with Crippen LogP contribution in [0, 0.1) is 5.92 Å². The van der Waals surface area contributed by atoms with E-state index in [0.29, 0.717) is 5.38 Å². The highest BCUT2D eigenvalue weighted by atomic mass is 35.5. The maximum Gasteiger partial charge on any atom is 0.0345 e.